The molecule has 0 spiro atoms. The first-order valence-corrected chi connectivity index (χ1v) is 10.3. The van der Waals surface area contributed by atoms with E-state index < -0.39 is 0 Å². The Morgan fingerprint density at radius 2 is 1.75 bits per heavy atom. The Hall–Kier alpha value is -1.85. The largest absolute Gasteiger partial charge is 0.505 e. The molecule has 0 aliphatic carbocycles. The van der Waals surface area contributed by atoms with Gasteiger partial charge in [-0.05, 0) is 42.0 Å². The van der Waals surface area contributed by atoms with Crippen molar-refractivity contribution in [1.82, 2.24) is 0 Å². The van der Waals surface area contributed by atoms with Crippen molar-refractivity contribution < 1.29 is 9.90 Å². The number of benzene rings is 3. The molecule has 28 heavy (non-hydrogen) atoms. The summed E-state index contributed by atoms with van der Waals surface area (Å²) in [6, 6.07) is 16.7. The summed E-state index contributed by atoms with van der Waals surface area (Å²) in [6.45, 7) is 0.471. The van der Waals surface area contributed by atoms with Gasteiger partial charge in [-0.1, -0.05) is 64.8 Å². The van der Waals surface area contributed by atoms with Crippen molar-refractivity contribution in [1.29, 1.82) is 0 Å². The van der Waals surface area contributed by atoms with Crippen molar-refractivity contribution in [3.63, 3.8) is 0 Å². The normalized spacial score (nSPS) is 10.7. The summed E-state index contributed by atoms with van der Waals surface area (Å²) < 4.78 is 0. The molecule has 0 aliphatic rings. The number of phenols is 1. The number of anilines is 1. The van der Waals surface area contributed by atoms with Crippen LogP contribution in [0, 0.1) is 0 Å². The molecule has 2 N–H and O–H groups in total. The number of hydrogen-bond donors (Lipinski definition) is 2. The van der Waals surface area contributed by atoms with E-state index in [4.69, 9.17) is 34.8 Å². The number of hydrogen-bond acceptors (Lipinski definition) is 4. The average Bonchev–Trinajstić information content (AvgIpc) is 2.67. The first kappa shape index (κ1) is 20.9. The Morgan fingerprint density at radius 3 is 2.50 bits per heavy atom. The lowest BCUT2D eigenvalue weighted by Gasteiger charge is -2.14. The molecule has 0 fully saturated rings. The first-order valence-electron chi connectivity index (χ1n) is 8.37. The molecule has 144 valence electrons. The van der Waals surface area contributed by atoms with Crippen LogP contribution in [-0.2, 0) is 17.8 Å². The van der Waals surface area contributed by atoms with E-state index >= 15 is 0 Å². The minimum atomic E-state index is 0.0334. The number of carbonyl (C=O) groups is 1. The fourth-order valence-corrected chi connectivity index (χ4v) is 4.23. The highest BCUT2D eigenvalue weighted by atomic mass is 35.5. The van der Waals surface area contributed by atoms with Crippen molar-refractivity contribution in [3.05, 3.63) is 80.8 Å². The Morgan fingerprint density at radius 1 is 0.964 bits per heavy atom. The molecule has 0 heterocycles. The van der Waals surface area contributed by atoms with E-state index in [0.29, 0.717) is 32.9 Å². The number of carbonyl (C=O) groups excluding carboxylic acids is 1. The summed E-state index contributed by atoms with van der Waals surface area (Å²) in [5.41, 5.74) is 2.01. The quantitative estimate of drug-likeness (QED) is 0.304. The second-order valence-corrected chi connectivity index (χ2v) is 8.34. The molecule has 0 bridgehead atoms. The van der Waals surface area contributed by atoms with Gasteiger partial charge in [0.1, 0.15) is 12.0 Å². The SMILES string of the molecule is O=CCc1cc(Cl)cc(NCc2ccccc2Sc2ccc(Cl)c(Cl)c2)c1O. The summed E-state index contributed by atoms with van der Waals surface area (Å²) in [7, 11) is 0. The van der Waals surface area contributed by atoms with E-state index in [0.717, 1.165) is 21.6 Å². The maximum atomic E-state index is 10.8. The van der Waals surface area contributed by atoms with E-state index in [1.807, 2.05) is 36.4 Å². The highest BCUT2D eigenvalue weighted by Crippen LogP contribution is 2.36. The van der Waals surface area contributed by atoms with Crippen molar-refractivity contribution in [2.24, 2.45) is 0 Å². The van der Waals surface area contributed by atoms with Crippen molar-refractivity contribution in [3.8, 4) is 5.75 Å². The van der Waals surface area contributed by atoms with Crippen LogP contribution in [0.1, 0.15) is 11.1 Å². The molecule has 3 nitrogen and oxygen atoms in total. The molecule has 0 amide bonds. The van der Waals surface area contributed by atoms with E-state index in [2.05, 4.69) is 5.32 Å². The van der Waals surface area contributed by atoms with Crippen LogP contribution < -0.4 is 5.32 Å². The predicted molar refractivity (Wildman–Crippen MR) is 117 cm³/mol. The number of halogens is 3. The minimum Gasteiger partial charge on any atom is -0.505 e. The highest BCUT2D eigenvalue weighted by molar-refractivity contribution is 7.99. The maximum absolute atomic E-state index is 10.8. The zero-order valence-corrected chi connectivity index (χ0v) is 17.7. The van der Waals surface area contributed by atoms with Gasteiger partial charge in [0.25, 0.3) is 0 Å². The standard InChI is InChI=1S/C21H16Cl3NO2S/c22-15-9-13(7-8-26)21(27)19(10-15)25-12-14-3-1-2-4-20(14)28-16-5-6-17(23)18(24)11-16/h1-6,8-11,25,27H,7,12H2. The van der Waals surface area contributed by atoms with Crippen LogP contribution >= 0.6 is 46.6 Å². The smallest absolute Gasteiger partial charge is 0.142 e. The molecule has 0 aromatic heterocycles. The molecule has 3 aromatic rings. The topological polar surface area (TPSA) is 49.3 Å². The minimum absolute atomic E-state index is 0.0334. The maximum Gasteiger partial charge on any atom is 0.142 e. The third kappa shape index (κ3) is 5.15. The molecule has 3 aromatic carbocycles. The Labute approximate surface area is 182 Å². The fraction of sp³-hybridized carbons (Fsp3) is 0.0952. The first-order chi connectivity index (χ1) is 13.5. The zero-order chi connectivity index (χ0) is 20.1. The fourth-order valence-electron chi connectivity index (χ4n) is 2.64. The van der Waals surface area contributed by atoms with Crippen LogP contribution in [0.3, 0.4) is 0 Å². The molecule has 0 aliphatic heterocycles. The predicted octanol–water partition coefficient (Wildman–Crippen LogP) is 6.86. The Bertz CT molecular complexity index is 1010. The second-order valence-electron chi connectivity index (χ2n) is 5.97. The molecular weight excluding hydrogens is 437 g/mol. The van der Waals surface area contributed by atoms with Gasteiger partial charge >= 0.3 is 0 Å². The van der Waals surface area contributed by atoms with Crippen LogP contribution in [-0.4, -0.2) is 11.4 Å². The van der Waals surface area contributed by atoms with Gasteiger partial charge in [0, 0.05) is 33.3 Å². The molecule has 0 saturated heterocycles. The number of rotatable bonds is 7. The number of phenolic OH excluding ortho intramolecular Hbond substituents is 1. The molecule has 7 heteroatoms. The van der Waals surface area contributed by atoms with Crippen LogP contribution in [0.15, 0.2) is 64.4 Å². The third-order valence-electron chi connectivity index (χ3n) is 4.02. The van der Waals surface area contributed by atoms with Crippen LogP contribution in [0.2, 0.25) is 15.1 Å². The molecular formula is C21H16Cl3NO2S. The lowest BCUT2D eigenvalue weighted by atomic mass is 10.1. The van der Waals surface area contributed by atoms with Gasteiger partial charge in [-0.3, -0.25) is 0 Å². The van der Waals surface area contributed by atoms with E-state index in [9.17, 15) is 9.90 Å². The summed E-state index contributed by atoms with van der Waals surface area (Å²) in [5, 5.41) is 15.1. The van der Waals surface area contributed by atoms with Gasteiger partial charge in [0.05, 0.1) is 15.7 Å². The number of nitrogens with one attached hydrogen (secondary N) is 1. The van der Waals surface area contributed by atoms with Crippen LogP contribution in [0.5, 0.6) is 5.75 Å². The number of aldehydes is 1. The van der Waals surface area contributed by atoms with E-state index in [1.165, 1.54) is 0 Å². The van der Waals surface area contributed by atoms with Crippen molar-refractivity contribution in [2.45, 2.75) is 22.8 Å². The van der Waals surface area contributed by atoms with E-state index in [1.54, 1.807) is 30.0 Å². The van der Waals surface area contributed by atoms with Crippen LogP contribution in [0.4, 0.5) is 5.69 Å². The van der Waals surface area contributed by atoms with Gasteiger partial charge in [-0.25, -0.2) is 0 Å². The monoisotopic (exact) mass is 451 g/mol. The Balaban J connectivity index is 1.81. The van der Waals surface area contributed by atoms with Crippen molar-refractivity contribution >= 4 is 58.5 Å². The molecule has 0 saturated carbocycles. The molecule has 0 radical (unpaired) electrons. The third-order valence-corrected chi connectivity index (χ3v) is 6.08. The van der Waals surface area contributed by atoms with Gasteiger partial charge in [0.2, 0.25) is 0 Å². The summed E-state index contributed by atoms with van der Waals surface area (Å²) >= 11 is 19.8. The zero-order valence-electron chi connectivity index (χ0n) is 14.6. The molecule has 0 atom stereocenters. The number of aromatic hydroxyl groups is 1. The van der Waals surface area contributed by atoms with Gasteiger partial charge in [0.15, 0.2) is 0 Å². The molecule has 3 rings (SSSR count). The van der Waals surface area contributed by atoms with Gasteiger partial charge in [-0.2, -0.15) is 0 Å². The van der Waals surface area contributed by atoms with E-state index in [-0.39, 0.29) is 12.2 Å². The summed E-state index contributed by atoms with van der Waals surface area (Å²) in [5.74, 6) is 0.0334. The lowest BCUT2D eigenvalue weighted by molar-refractivity contribution is -0.107. The second kappa shape index (κ2) is 9.57. The van der Waals surface area contributed by atoms with Gasteiger partial charge < -0.3 is 15.2 Å². The van der Waals surface area contributed by atoms with Gasteiger partial charge in [-0.15, -0.1) is 0 Å². The lowest BCUT2D eigenvalue weighted by Crippen LogP contribution is -2.02. The molecule has 0 unspecified atom stereocenters. The average molecular weight is 453 g/mol. The van der Waals surface area contributed by atoms with Crippen LogP contribution in [0.25, 0.3) is 0 Å². The summed E-state index contributed by atoms with van der Waals surface area (Å²) in [4.78, 5) is 12.8. The summed E-state index contributed by atoms with van der Waals surface area (Å²) in [6.07, 6.45) is 0.836. The Kier molecular flexibility index (Phi) is 7.13. The highest BCUT2D eigenvalue weighted by Gasteiger charge is 2.11. The van der Waals surface area contributed by atoms with Crippen molar-refractivity contribution in [2.75, 3.05) is 5.32 Å².